The number of nitrogen functional groups attached to an aromatic ring is 1. The molecule has 114 valence electrons. The summed E-state index contributed by atoms with van der Waals surface area (Å²) < 4.78 is 16.3. The lowest BCUT2D eigenvalue weighted by atomic mass is 10.2. The molecule has 1 aromatic carbocycles. The highest BCUT2D eigenvalue weighted by atomic mass is 79.9. The first-order valence-electron chi connectivity index (χ1n) is 6.80. The van der Waals surface area contributed by atoms with E-state index in [0.717, 1.165) is 22.0 Å². The summed E-state index contributed by atoms with van der Waals surface area (Å²) in [7, 11) is 0. The molecule has 2 aromatic rings. The van der Waals surface area contributed by atoms with Gasteiger partial charge in [0.2, 0.25) is 0 Å². The molecule has 1 heterocycles. The molecule has 0 aliphatic heterocycles. The van der Waals surface area contributed by atoms with Gasteiger partial charge in [-0.3, -0.25) is 0 Å². The number of ether oxygens (including phenoxy) is 3. The molecule has 0 unspecified atom stereocenters. The van der Waals surface area contributed by atoms with E-state index in [-0.39, 0.29) is 0 Å². The van der Waals surface area contributed by atoms with E-state index in [9.17, 15) is 0 Å². The molecular weight excluding hydrogens is 336 g/mol. The van der Waals surface area contributed by atoms with Crippen molar-refractivity contribution in [1.29, 1.82) is 0 Å². The van der Waals surface area contributed by atoms with Gasteiger partial charge >= 0.3 is 0 Å². The van der Waals surface area contributed by atoms with Crippen molar-refractivity contribution in [1.82, 2.24) is 4.98 Å². The molecule has 1 aromatic heterocycles. The zero-order valence-electron chi connectivity index (χ0n) is 11.8. The Hall–Kier alpha value is -1.37. The van der Waals surface area contributed by atoms with Gasteiger partial charge in [0.1, 0.15) is 18.2 Å². The predicted octanol–water partition coefficient (Wildman–Crippen LogP) is 2.62. The Labute approximate surface area is 132 Å². The maximum Gasteiger partial charge on any atom is 0.124 e. The van der Waals surface area contributed by atoms with Crippen LogP contribution < -0.4 is 10.5 Å². The highest BCUT2D eigenvalue weighted by Crippen LogP contribution is 2.20. The molecular formula is C15H19BrN2O3. The van der Waals surface area contributed by atoms with Crippen molar-refractivity contribution in [2.45, 2.75) is 0 Å². The number of hydrogen-bond acceptors (Lipinski definition) is 5. The average molecular weight is 355 g/mol. The smallest absolute Gasteiger partial charge is 0.124 e. The molecule has 0 aliphatic rings. The first-order chi connectivity index (χ1) is 10.3. The Morgan fingerprint density at radius 1 is 0.952 bits per heavy atom. The van der Waals surface area contributed by atoms with E-state index in [4.69, 9.17) is 19.9 Å². The number of pyridine rings is 1. The van der Waals surface area contributed by atoms with Gasteiger partial charge in [-0.15, -0.1) is 0 Å². The van der Waals surface area contributed by atoms with Crippen LogP contribution in [0, 0.1) is 0 Å². The van der Waals surface area contributed by atoms with E-state index in [1.54, 1.807) is 6.07 Å². The highest BCUT2D eigenvalue weighted by molar-refractivity contribution is 9.09. The summed E-state index contributed by atoms with van der Waals surface area (Å²) in [5.74, 6) is 1.32. The van der Waals surface area contributed by atoms with Crippen molar-refractivity contribution in [3.63, 3.8) is 0 Å². The molecule has 0 atom stereocenters. The molecule has 0 saturated carbocycles. The minimum atomic E-state index is 0.506. The number of halogens is 1. The lowest BCUT2D eigenvalue weighted by Crippen LogP contribution is -2.11. The second kappa shape index (κ2) is 8.81. The predicted molar refractivity (Wildman–Crippen MR) is 87.1 cm³/mol. The fraction of sp³-hybridized carbons (Fsp3) is 0.400. The second-order valence-electron chi connectivity index (χ2n) is 4.35. The number of aromatic nitrogens is 1. The number of nitrogens with zero attached hydrogens (tertiary/aromatic N) is 1. The minimum absolute atomic E-state index is 0.506. The Balaban J connectivity index is 1.70. The summed E-state index contributed by atoms with van der Waals surface area (Å²) in [6, 6.07) is 9.44. The molecule has 21 heavy (non-hydrogen) atoms. The van der Waals surface area contributed by atoms with E-state index in [2.05, 4.69) is 20.9 Å². The van der Waals surface area contributed by atoms with Crippen molar-refractivity contribution < 1.29 is 14.2 Å². The van der Waals surface area contributed by atoms with Gasteiger partial charge < -0.3 is 19.9 Å². The van der Waals surface area contributed by atoms with Gasteiger partial charge in [-0.05, 0) is 30.3 Å². The van der Waals surface area contributed by atoms with Crippen LogP contribution in [0.1, 0.15) is 0 Å². The summed E-state index contributed by atoms with van der Waals surface area (Å²) in [5, 5.41) is 1.85. The monoisotopic (exact) mass is 354 g/mol. The van der Waals surface area contributed by atoms with Gasteiger partial charge in [-0.2, -0.15) is 0 Å². The third-order valence-electron chi connectivity index (χ3n) is 2.77. The molecule has 2 N–H and O–H groups in total. The summed E-state index contributed by atoms with van der Waals surface area (Å²) in [4.78, 5) is 4.24. The van der Waals surface area contributed by atoms with Crippen molar-refractivity contribution in [3.05, 3.63) is 30.3 Å². The number of anilines is 1. The lowest BCUT2D eigenvalue weighted by Gasteiger charge is -2.08. The van der Waals surface area contributed by atoms with Gasteiger partial charge in [0.05, 0.1) is 31.9 Å². The van der Waals surface area contributed by atoms with E-state index < -0.39 is 0 Å². The van der Waals surface area contributed by atoms with E-state index in [0.29, 0.717) is 38.9 Å². The fourth-order valence-corrected chi connectivity index (χ4v) is 2.03. The molecule has 0 aliphatic carbocycles. The molecule has 6 heteroatoms. The van der Waals surface area contributed by atoms with Crippen LogP contribution in [0.4, 0.5) is 5.82 Å². The first-order valence-corrected chi connectivity index (χ1v) is 7.92. The van der Waals surface area contributed by atoms with Crippen LogP contribution in [-0.2, 0) is 9.47 Å². The Kier molecular flexibility index (Phi) is 6.72. The Morgan fingerprint density at radius 2 is 1.71 bits per heavy atom. The van der Waals surface area contributed by atoms with Gasteiger partial charge in [0, 0.05) is 10.7 Å². The Morgan fingerprint density at radius 3 is 2.52 bits per heavy atom. The van der Waals surface area contributed by atoms with Crippen molar-refractivity contribution in [3.8, 4) is 5.75 Å². The topological polar surface area (TPSA) is 66.6 Å². The van der Waals surface area contributed by atoms with Crippen molar-refractivity contribution >= 4 is 32.7 Å². The normalized spacial score (nSPS) is 10.9. The van der Waals surface area contributed by atoms with Gasteiger partial charge in [-0.25, -0.2) is 4.98 Å². The number of hydrogen-bond donors (Lipinski definition) is 1. The van der Waals surface area contributed by atoms with Crippen LogP contribution in [-0.4, -0.2) is 43.3 Å². The largest absolute Gasteiger partial charge is 0.491 e. The van der Waals surface area contributed by atoms with Crippen LogP contribution >= 0.6 is 15.9 Å². The number of rotatable bonds is 9. The van der Waals surface area contributed by atoms with E-state index in [1.807, 2.05) is 24.3 Å². The van der Waals surface area contributed by atoms with Crippen molar-refractivity contribution in [2.24, 2.45) is 0 Å². The first kappa shape index (κ1) is 16.0. The molecule has 5 nitrogen and oxygen atoms in total. The van der Waals surface area contributed by atoms with E-state index >= 15 is 0 Å². The molecule has 0 radical (unpaired) electrons. The molecule has 0 amide bonds. The van der Waals surface area contributed by atoms with Gasteiger partial charge in [0.25, 0.3) is 0 Å². The molecule has 0 bridgehead atoms. The van der Waals surface area contributed by atoms with Crippen LogP contribution in [0.2, 0.25) is 0 Å². The molecule has 0 fully saturated rings. The summed E-state index contributed by atoms with van der Waals surface area (Å²) in [5.41, 5.74) is 6.51. The number of nitrogens with two attached hydrogens (primary N) is 1. The van der Waals surface area contributed by atoms with Gasteiger partial charge in [-0.1, -0.05) is 15.9 Å². The standard InChI is InChI=1S/C15H19BrN2O3/c16-5-6-19-7-8-20-9-10-21-13-2-3-14-12(11-13)1-4-15(17)18-14/h1-4,11H,5-10H2,(H2,17,18). The summed E-state index contributed by atoms with van der Waals surface area (Å²) >= 11 is 3.29. The third kappa shape index (κ3) is 5.49. The average Bonchev–Trinajstić information content (AvgIpc) is 2.50. The third-order valence-corrected chi connectivity index (χ3v) is 3.10. The highest BCUT2D eigenvalue weighted by Gasteiger charge is 1.99. The number of alkyl halides is 1. The number of benzene rings is 1. The minimum Gasteiger partial charge on any atom is -0.491 e. The van der Waals surface area contributed by atoms with Crippen LogP contribution in [0.5, 0.6) is 5.75 Å². The summed E-state index contributed by atoms with van der Waals surface area (Å²) in [6.45, 7) is 2.93. The molecule has 2 rings (SSSR count). The zero-order chi connectivity index (χ0) is 14.9. The SMILES string of the molecule is Nc1ccc2cc(OCCOCCOCCBr)ccc2n1. The zero-order valence-corrected chi connectivity index (χ0v) is 13.3. The Bertz CT molecular complexity index is 566. The quantitative estimate of drug-likeness (QED) is 0.553. The van der Waals surface area contributed by atoms with Crippen LogP contribution in [0.15, 0.2) is 30.3 Å². The van der Waals surface area contributed by atoms with Crippen molar-refractivity contribution in [2.75, 3.05) is 44.1 Å². The molecule has 0 saturated heterocycles. The maximum atomic E-state index is 5.65. The number of fused-ring (bicyclic) bond motifs is 1. The van der Waals surface area contributed by atoms with Crippen LogP contribution in [0.25, 0.3) is 10.9 Å². The fourth-order valence-electron chi connectivity index (χ4n) is 1.80. The maximum absolute atomic E-state index is 5.65. The molecule has 0 spiro atoms. The second-order valence-corrected chi connectivity index (χ2v) is 5.15. The lowest BCUT2D eigenvalue weighted by molar-refractivity contribution is 0.0414. The van der Waals surface area contributed by atoms with Crippen LogP contribution in [0.3, 0.4) is 0 Å². The summed E-state index contributed by atoms with van der Waals surface area (Å²) in [6.07, 6.45) is 0. The van der Waals surface area contributed by atoms with Gasteiger partial charge in [0.15, 0.2) is 0 Å². The van der Waals surface area contributed by atoms with E-state index in [1.165, 1.54) is 0 Å².